The van der Waals surface area contributed by atoms with Crippen LogP contribution in [0, 0.1) is 11.3 Å². The Kier molecular flexibility index (Phi) is 4.74. The molecule has 5 rings (SSSR count). The zero-order chi connectivity index (χ0) is 21.9. The Morgan fingerprint density at radius 2 is 1.71 bits per heavy atom. The molecule has 2 atom stereocenters. The number of benzene rings is 2. The molecular formula is C23H20Cl2N4O2. The van der Waals surface area contributed by atoms with Crippen LogP contribution in [0.15, 0.2) is 42.5 Å². The topological polar surface area (TPSA) is 67.7 Å². The fourth-order valence-corrected chi connectivity index (χ4v) is 5.47. The number of anilines is 1. The van der Waals surface area contributed by atoms with Crippen LogP contribution < -0.4 is 4.90 Å². The maximum absolute atomic E-state index is 14.0. The van der Waals surface area contributed by atoms with Gasteiger partial charge >= 0.3 is 6.03 Å². The number of likely N-dealkylation sites (N-methyl/N-ethyl adjacent to an activating group) is 1. The largest absolute Gasteiger partial charge is 0.332 e. The van der Waals surface area contributed by atoms with Crippen LogP contribution in [0.2, 0.25) is 10.0 Å². The molecule has 2 unspecified atom stereocenters. The molecule has 1 spiro atoms. The zero-order valence-electron chi connectivity index (χ0n) is 16.9. The highest BCUT2D eigenvalue weighted by atomic mass is 35.5. The van der Waals surface area contributed by atoms with Crippen molar-refractivity contribution in [2.75, 3.05) is 25.0 Å². The number of carbonyl (C=O) groups is 2. The molecule has 1 saturated carbocycles. The van der Waals surface area contributed by atoms with Crippen molar-refractivity contribution in [2.24, 2.45) is 0 Å². The molecule has 158 valence electrons. The average molecular weight is 455 g/mol. The molecule has 2 aromatic carbocycles. The fraction of sp³-hybridized carbons (Fsp3) is 0.348. The minimum absolute atomic E-state index is 0.207. The van der Waals surface area contributed by atoms with Crippen LogP contribution in [-0.2, 0) is 4.79 Å². The van der Waals surface area contributed by atoms with E-state index >= 15 is 0 Å². The normalized spacial score (nSPS) is 26.2. The predicted octanol–water partition coefficient (Wildman–Crippen LogP) is 4.26. The van der Waals surface area contributed by atoms with E-state index in [4.69, 9.17) is 28.5 Å². The Hall–Kier alpha value is -2.59. The maximum atomic E-state index is 14.0. The number of likely N-dealkylation sites (tertiary alicyclic amines) is 1. The first-order valence-electron chi connectivity index (χ1n) is 10.2. The number of hydrogen-bond acceptors (Lipinski definition) is 4. The summed E-state index contributed by atoms with van der Waals surface area (Å²) in [5, 5.41) is 9.88. The molecule has 0 N–H and O–H groups in total. The summed E-state index contributed by atoms with van der Waals surface area (Å²) in [6.45, 7) is 1.16. The third kappa shape index (κ3) is 3.11. The first kappa shape index (κ1) is 20.3. The van der Waals surface area contributed by atoms with Gasteiger partial charge in [0.1, 0.15) is 5.54 Å². The summed E-state index contributed by atoms with van der Waals surface area (Å²) < 4.78 is 0. The molecule has 3 amide bonds. The highest BCUT2D eigenvalue weighted by molar-refractivity contribution is 6.35. The minimum atomic E-state index is -1.03. The molecule has 3 aliphatic rings. The van der Waals surface area contributed by atoms with E-state index in [1.54, 1.807) is 42.3 Å². The highest BCUT2D eigenvalue weighted by Crippen LogP contribution is 2.49. The highest BCUT2D eigenvalue weighted by Gasteiger charge is 2.65. The van der Waals surface area contributed by atoms with Crippen LogP contribution >= 0.6 is 23.2 Å². The maximum Gasteiger partial charge on any atom is 0.332 e. The van der Waals surface area contributed by atoms with E-state index in [-0.39, 0.29) is 17.9 Å². The van der Waals surface area contributed by atoms with Gasteiger partial charge in [-0.1, -0.05) is 35.3 Å². The van der Waals surface area contributed by atoms with E-state index in [2.05, 4.69) is 11.0 Å². The zero-order valence-corrected chi connectivity index (χ0v) is 18.4. The van der Waals surface area contributed by atoms with Gasteiger partial charge in [0, 0.05) is 42.1 Å². The quantitative estimate of drug-likeness (QED) is 0.649. The Labute approximate surface area is 190 Å². The van der Waals surface area contributed by atoms with E-state index in [0.717, 1.165) is 18.4 Å². The van der Waals surface area contributed by atoms with Gasteiger partial charge in [-0.05, 0) is 48.7 Å². The van der Waals surface area contributed by atoms with Crippen molar-refractivity contribution >= 4 is 40.8 Å². The minimum Gasteiger partial charge on any atom is -0.310 e. The van der Waals surface area contributed by atoms with Crippen molar-refractivity contribution < 1.29 is 9.59 Å². The predicted molar refractivity (Wildman–Crippen MR) is 118 cm³/mol. The van der Waals surface area contributed by atoms with E-state index in [1.165, 1.54) is 4.90 Å². The molecule has 8 heteroatoms. The van der Waals surface area contributed by atoms with E-state index < -0.39 is 5.54 Å². The van der Waals surface area contributed by atoms with Gasteiger partial charge in [0.25, 0.3) is 5.91 Å². The molecule has 2 saturated heterocycles. The van der Waals surface area contributed by atoms with Gasteiger partial charge in [0.2, 0.25) is 0 Å². The molecule has 6 nitrogen and oxygen atoms in total. The first-order chi connectivity index (χ1) is 14.8. The van der Waals surface area contributed by atoms with Gasteiger partial charge < -0.3 is 4.90 Å². The number of carbonyl (C=O) groups excluding carboxylic acids is 2. The van der Waals surface area contributed by atoms with Gasteiger partial charge in [-0.2, -0.15) is 5.26 Å². The number of nitrogens with zero attached hydrogens (tertiary/aromatic N) is 4. The molecule has 0 bridgehead atoms. The van der Waals surface area contributed by atoms with Gasteiger partial charge in [0.15, 0.2) is 0 Å². The number of halogens is 2. The summed E-state index contributed by atoms with van der Waals surface area (Å²) >= 11 is 12.3. The van der Waals surface area contributed by atoms with Crippen molar-refractivity contribution in [3.63, 3.8) is 0 Å². The van der Waals surface area contributed by atoms with Crippen LogP contribution in [0.5, 0.6) is 0 Å². The number of amides is 3. The van der Waals surface area contributed by atoms with Crippen LogP contribution in [0.1, 0.15) is 29.9 Å². The lowest BCUT2D eigenvalue weighted by atomic mass is 9.80. The van der Waals surface area contributed by atoms with Gasteiger partial charge in [0.05, 0.1) is 17.3 Å². The lowest BCUT2D eigenvalue weighted by molar-refractivity contribution is -0.124. The summed E-state index contributed by atoms with van der Waals surface area (Å²) in [6, 6.07) is 14.2. The number of rotatable bonds is 3. The van der Waals surface area contributed by atoms with E-state index in [1.807, 2.05) is 12.1 Å². The van der Waals surface area contributed by atoms with Crippen molar-refractivity contribution in [3.05, 3.63) is 63.6 Å². The summed E-state index contributed by atoms with van der Waals surface area (Å²) in [6.07, 6.45) is 2.21. The third-order valence-corrected chi connectivity index (χ3v) is 7.14. The van der Waals surface area contributed by atoms with Crippen molar-refractivity contribution in [3.8, 4) is 6.07 Å². The Bertz CT molecular complexity index is 1110. The average Bonchev–Trinajstić information content (AvgIpc) is 3.49. The second kappa shape index (κ2) is 7.23. The molecular weight excluding hydrogens is 435 g/mol. The van der Waals surface area contributed by atoms with Crippen LogP contribution in [0.3, 0.4) is 0 Å². The second-order valence-electron chi connectivity index (χ2n) is 8.48. The van der Waals surface area contributed by atoms with E-state index in [9.17, 15) is 9.59 Å². The summed E-state index contributed by atoms with van der Waals surface area (Å²) in [4.78, 5) is 32.4. The summed E-state index contributed by atoms with van der Waals surface area (Å²) in [5.74, 6) is -0.474. The Morgan fingerprint density at radius 3 is 2.29 bits per heavy atom. The van der Waals surface area contributed by atoms with Gasteiger partial charge in [-0.15, -0.1) is 0 Å². The Morgan fingerprint density at radius 1 is 1.06 bits per heavy atom. The molecule has 2 aliphatic heterocycles. The third-order valence-electron chi connectivity index (χ3n) is 6.70. The molecule has 2 heterocycles. The monoisotopic (exact) mass is 454 g/mol. The molecule has 3 fully saturated rings. The molecule has 31 heavy (non-hydrogen) atoms. The number of imide groups is 1. The molecule has 0 radical (unpaired) electrons. The molecule has 1 aliphatic carbocycles. The lowest BCUT2D eigenvalue weighted by Gasteiger charge is -2.34. The summed E-state index contributed by atoms with van der Waals surface area (Å²) in [5.41, 5.74) is 0.857. The molecule has 2 aromatic rings. The van der Waals surface area contributed by atoms with Crippen LogP contribution in [0.4, 0.5) is 10.5 Å². The van der Waals surface area contributed by atoms with Crippen molar-refractivity contribution in [2.45, 2.75) is 30.3 Å². The molecule has 0 aromatic heterocycles. The van der Waals surface area contributed by atoms with E-state index in [0.29, 0.717) is 40.4 Å². The number of nitriles is 1. The van der Waals surface area contributed by atoms with Gasteiger partial charge in [-0.25, -0.2) is 9.69 Å². The summed E-state index contributed by atoms with van der Waals surface area (Å²) in [7, 11) is 1.69. The van der Waals surface area contributed by atoms with Crippen LogP contribution in [-0.4, -0.2) is 53.5 Å². The fourth-order valence-electron chi connectivity index (χ4n) is 4.96. The van der Waals surface area contributed by atoms with Crippen molar-refractivity contribution in [1.82, 2.24) is 9.80 Å². The lowest BCUT2D eigenvalue weighted by Crippen LogP contribution is -2.53. The van der Waals surface area contributed by atoms with Crippen molar-refractivity contribution in [1.29, 1.82) is 5.26 Å². The first-order valence-corrected chi connectivity index (χ1v) is 10.9. The standard InChI is InChI=1S/C23H20Cl2N4O2/c1-27-22(31)29(19-9-16(24)8-17(25)10-19)21(30)23(27)13-28(18-6-7-18)12-20(23)15-4-2-14(11-26)3-5-15/h2-5,8-10,18,20H,6-7,12-13H2,1H3. The second-order valence-corrected chi connectivity index (χ2v) is 9.35. The van der Waals surface area contributed by atoms with Gasteiger partial charge in [-0.3, -0.25) is 9.69 Å². The number of urea groups is 1. The SMILES string of the molecule is CN1C(=O)N(c2cc(Cl)cc(Cl)c2)C(=O)C12CN(C1CC1)CC2c1ccc(C#N)cc1. The smallest absolute Gasteiger partial charge is 0.310 e. The number of hydrogen-bond donors (Lipinski definition) is 0. The van der Waals surface area contributed by atoms with Crippen LogP contribution in [0.25, 0.3) is 0 Å². The Balaban J connectivity index is 1.60.